The summed E-state index contributed by atoms with van der Waals surface area (Å²) in [6.45, 7) is 16.1. The van der Waals surface area contributed by atoms with E-state index in [-0.39, 0.29) is 0 Å². The topological polar surface area (TPSA) is 0 Å². The second-order valence-electron chi connectivity index (χ2n) is 9.51. The average molecular weight is 374 g/mol. The molecule has 1 radical (unpaired) electrons. The van der Waals surface area contributed by atoms with Crippen LogP contribution in [0.25, 0.3) is 17.2 Å². The molecule has 28 heavy (non-hydrogen) atoms. The minimum absolute atomic E-state index is 0.544. The third-order valence-corrected chi connectivity index (χ3v) is 5.80. The van der Waals surface area contributed by atoms with Crippen LogP contribution in [0, 0.1) is 12.3 Å². The van der Waals surface area contributed by atoms with Gasteiger partial charge in [-0.05, 0) is 69.5 Å². The van der Waals surface area contributed by atoms with Gasteiger partial charge in [-0.1, -0.05) is 96.9 Å². The summed E-state index contributed by atoms with van der Waals surface area (Å²) in [5.41, 5.74) is 11.6. The molecule has 0 saturated heterocycles. The highest BCUT2D eigenvalue weighted by Gasteiger charge is 2.21. The first-order valence-electron chi connectivity index (χ1n) is 11.2. The number of hydrogen-bond acceptors (Lipinski definition) is 0. The number of allylic oxidation sites excluding steroid dienone is 1. The van der Waals surface area contributed by atoms with Gasteiger partial charge in [0.05, 0.1) is 0 Å². The van der Waals surface area contributed by atoms with Crippen LogP contribution >= 0.6 is 0 Å². The maximum Gasteiger partial charge on any atom is 0.0164 e. The van der Waals surface area contributed by atoms with Crippen LogP contribution < -0.4 is 0 Å². The monoisotopic (exact) mass is 373 g/mol. The van der Waals surface area contributed by atoms with Gasteiger partial charge in [0.2, 0.25) is 0 Å². The van der Waals surface area contributed by atoms with Crippen LogP contribution in [0.15, 0.2) is 35.9 Å². The Balaban J connectivity index is 2.21. The van der Waals surface area contributed by atoms with Gasteiger partial charge < -0.3 is 0 Å². The fourth-order valence-electron chi connectivity index (χ4n) is 4.28. The molecule has 0 unspecified atom stereocenters. The van der Waals surface area contributed by atoms with Crippen LogP contribution in [0.2, 0.25) is 0 Å². The molecule has 0 heteroatoms. The predicted molar refractivity (Wildman–Crippen MR) is 125 cm³/mol. The van der Waals surface area contributed by atoms with Gasteiger partial charge in [-0.2, -0.15) is 0 Å². The van der Waals surface area contributed by atoms with Crippen molar-refractivity contribution in [3.63, 3.8) is 0 Å². The van der Waals surface area contributed by atoms with Crippen LogP contribution in [0.5, 0.6) is 0 Å². The van der Waals surface area contributed by atoms with E-state index in [1.807, 2.05) is 0 Å². The molecule has 0 nitrogen and oxygen atoms in total. The fraction of sp³-hybridized carbons (Fsp3) is 0.464. The summed E-state index contributed by atoms with van der Waals surface area (Å²) in [5, 5.41) is 0. The molecule has 0 spiro atoms. The molecule has 0 heterocycles. The Morgan fingerprint density at radius 2 is 1.46 bits per heavy atom. The zero-order valence-electron chi connectivity index (χ0n) is 18.9. The summed E-state index contributed by atoms with van der Waals surface area (Å²) >= 11 is 0. The van der Waals surface area contributed by atoms with Gasteiger partial charge in [-0.25, -0.2) is 0 Å². The van der Waals surface area contributed by atoms with E-state index in [0.717, 1.165) is 12.8 Å². The summed E-state index contributed by atoms with van der Waals surface area (Å²) in [6, 6.07) is 12.0. The molecule has 0 bridgehead atoms. The first-order valence-corrected chi connectivity index (χ1v) is 11.2. The second-order valence-corrected chi connectivity index (χ2v) is 9.51. The smallest absolute Gasteiger partial charge is 0.0164 e. The number of benzene rings is 2. The van der Waals surface area contributed by atoms with Crippen molar-refractivity contribution in [3.05, 3.63) is 70.1 Å². The molecule has 0 aromatic heterocycles. The molecule has 0 atom stereocenters. The number of rotatable bonds is 7. The van der Waals surface area contributed by atoms with Gasteiger partial charge in [-0.3, -0.25) is 0 Å². The van der Waals surface area contributed by atoms with E-state index in [0.29, 0.717) is 17.8 Å². The van der Waals surface area contributed by atoms with E-state index in [2.05, 4.69) is 91.3 Å². The summed E-state index contributed by atoms with van der Waals surface area (Å²) in [5.74, 6) is 1.78. The average Bonchev–Trinajstić information content (AvgIpc) is 3.02. The lowest BCUT2D eigenvalue weighted by Gasteiger charge is -2.19. The quantitative estimate of drug-likeness (QED) is 0.456. The lowest BCUT2D eigenvalue weighted by Crippen LogP contribution is -1.99. The molecule has 3 rings (SSSR count). The molecule has 0 amide bonds. The van der Waals surface area contributed by atoms with Gasteiger partial charge in [0.1, 0.15) is 0 Å². The normalized spacial score (nSPS) is 13.6. The zero-order valence-corrected chi connectivity index (χ0v) is 18.9. The van der Waals surface area contributed by atoms with Crippen molar-refractivity contribution in [1.29, 1.82) is 0 Å². The van der Waals surface area contributed by atoms with Crippen LogP contribution in [-0.4, -0.2) is 0 Å². The molecule has 1 aliphatic carbocycles. The van der Waals surface area contributed by atoms with E-state index in [9.17, 15) is 0 Å². The van der Waals surface area contributed by atoms with Gasteiger partial charge in [-0.15, -0.1) is 0 Å². The molecule has 0 N–H and O–H groups in total. The van der Waals surface area contributed by atoms with Crippen molar-refractivity contribution < 1.29 is 0 Å². The Bertz CT molecular complexity index is 836. The Morgan fingerprint density at radius 3 is 2.00 bits per heavy atom. The maximum absolute atomic E-state index is 2.46. The van der Waals surface area contributed by atoms with E-state index in [4.69, 9.17) is 0 Å². The summed E-state index contributed by atoms with van der Waals surface area (Å²) in [6.07, 6.45) is 8.34. The van der Waals surface area contributed by atoms with E-state index in [1.54, 1.807) is 0 Å². The third kappa shape index (κ3) is 4.43. The first kappa shape index (κ1) is 20.9. The van der Waals surface area contributed by atoms with E-state index >= 15 is 0 Å². The maximum atomic E-state index is 2.46. The van der Waals surface area contributed by atoms with Crippen molar-refractivity contribution in [1.82, 2.24) is 0 Å². The van der Waals surface area contributed by atoms with Crippen LogP contribution in [0.4, 0.5) is 0 Å². The molecule has 0 saturated carbocycles. The van der Waals surface area contributed by atoms with Gasteiger partial charge in [0.25, 0.3) is 0 Å². The molecular formula is C28H37. The summed E-state index contributed by atoms with van der Waals surface area (Å²) < 4.78 is 0. The largest absolute Gasteiger partial charge is 0.0651 e. The Kier molecular flexibility index (Phi) is 6.48. The van der Waals surface area contributed by atoms with Gasteiger partial charge in [0, 0.05) is 6.42 Å². The molecule has 1 aliphatic rings. The van der Waals surface area contributed by atoms with E-state index < -0.39 is 0 Å². The number of aryl methyl sites for hydroxylation is 1. The molecule has 2 aromatic carbocycles. The van der Waals surface area contributed by atoms with Gasteiger partial charge in [0.15, 0.2) is 0 Å². The number of fused-ring (bicyclic) bond motifs is 1. The van der Waals surface area contributed by atoms with Crippen molar-refractivity contribution in [2.24, 2.45) is 5.92 Å². The molecule has 0 aliphatic heterocycles. The minimum Gasteiger partial charge on any atom is -0.0651 e. The van der Waals surface area contributed by atoms with Crippen molar-refractivity contribution in [2.75, 3.05) is 0 Å². The Morgan fingerprint density at radius 1 is 0.821 bits per heavy atom. The lowest BCUT2D eigenvalue weighted by atomic mass is 9.86. The van der Waals surface area contributed by atoms with Crippen molar-refractivity contribution in [2.45, 2.75) is 79.6 Å². The second kappa shape index (κ2) is 8.68. The van der Waals surface area contributed by atoms with E-state index in [1.165, 1.54) is 50.9 Å². The number of hydrogen-bond donors (Lipinski definition) is 0. The summed E-state index contributed by atoms with van der Waals surface area (Å²) in [7, 11) is 0. The van der Waals surface area contributed by atoms with Crippen molar-refractivity contribution in [3.8, 4) is 11.1 Å². The molecule has 2 aromatic rings. The fourth-order valence-corrected chi connectivity index (χ4v) is 4.28. The van der Waals surface area contributed by atoms with Crippen LogP contribution in [0.1, 0.15) is 101 Å². The van der Waals surface area contributed by atoms with Crippen LogP contribution in [0.3, 0.4) is 0 Å². The third-order valence-electron chi connectivity index (χ3n) is 5.80. The Hall–Kier alpha value is -1.82. The predicted octanol–water partition coefficient (Wildman–Crippen LogP) is 8.55. The summed E-state index contributed by atoms with van der Waals surface area (Å²) in [4.78, 5) is 0. The van der Waals surface area contributed by atoms with Gasteiger partial charge >= 0.3 is 0 Å². The Labute approximate surface area is 173 Å². The van der Waals surface area contributed by atoms with Crippen molar-refractivity contribution >= 4 is 6.08 Å². The molecular weight excluding hydrogens is 336 g/mol. The molecule has 149 valence electrons. The highest BCUT2D eigenvalue weighted by atomic mass is 14.3. The lowest BCUT2D eigenvalue weighted by molar-refractivity contribution is 0.649. The van der Waals surface area contributed by atoms with Crippen LogP contribution in [-0.2, 0) is 6.42 Å². The first-order chi connectivity index (χ1) is 13.3. The zero-order chi connectivity index (χ0) is 20.4. The standard InChI is InChI=1S/C28H37/c1-8-9-22-10-11-23-13-21(12-18(2)3)14-27(23)28(22)26-16-24(19(4)5)15-25(17-26)20(6)7/h10-11,13-20H,8-9,12H2,1-7H3. The highest BCUT2D eigenvalue weighted by Crippen LogP contribution is 2.41. The molecule has 0 fully saturated rings. The highest BCUT2D eigenvalue weighted by molar-refractivity contribution is 5.86. The SMILES string of the molecule is CCCc1ccc2c(c1-c1cc(C(C)C)cc(C(C)C)c1)C=C(CC(C)C)[CH]2. The minimum atomic E-state index is 0.544.